The van der Waals surface area contributed by atoms with Crippen molar-refractivity contribution in [2.45, 2.75) is 25.4 Å². The number of likely N-dealkylation sites (N-methyl/N-ethyl adjacent to an activating group) is 1. The second-order valence-electron chi connectivity index (χ2n) is 5.24. The Balaban J connectivity index is 2.15. The summed E-state index contributed by atoms with van der Waals surface area (Å²) >= 11 is 6.07. The summed E-state index contributed by atoms with van der Waals surface area (Å²) in [4.78, 5) is 12.8. The van der Waals surface area contributed by atoms with Crippen LogP contribution >= 0.6 is 11.6 Å². The van der Waals surface area contributed by atoms with Gasteiger partial charge in [0.1, 0.15) is 0 Å². The van der Waals surface area contributed by atoms with Crippen LogP contribution in [-0.4, -0.2) is 37.4 Å². The summed E-state index contributed by atoms with van der Waals surface area (Å²) in [6.45, 7) is 1.59. The number of rotatable bonds is 5. The normalized spacial score (nSPS) is 18.9. The molecule has 21 heavy (non-hydrogen) atoms. The lowest BCUT2D eigenvalue weighted by atomic mass is 10.1. The highest BCUT2D eigenvalue weighted by molar-refractivity contribution is 6.31. The third-order valence-corrected chi connectivity index (χ3v) is 3.80. The number of hydrogen-bond acceptors (Lipinski definition) is 3. The van der Waals surface area contributed by atoms with Crippen molar-refractivity contribution in [2.24, 2.45) is 0 Å². The lowest BCUT2D eigenvalue weighted by molar-refractivity contribution is -0.131. The Bertz CT molecular complexity index is 524. The maximum atomic E-state index is 10.7. The summed E-state index contributed by atoms with van der Waals surface area (Å²) in [6, 6.07) is 5.44. The summed E-state index contributed by atoms with van der Waals surface area (Å²) < 4.78 is 5.75. The molecule has 0 spiro atoms. The van der Waals surface area contributed by atoms with Crippen molar-refractivity contribution in [3.8, 4) is 0 Å². The number of anilines is 1. The second-order valence-corrected chi connectivity index (χ2v) is 5.68. The van der Waals surface area contributed by atoms with E-state index in [1.54, 1.807) is 12.1 Å². The van der Waals surface area contributed by atoms with Gasteiger partial charge in [-0.2, -0.15) is 0 Å². The Morgan fingerprint density at radius 3 is 3.00 bits per heavy atom. The van der Waals surface area contributed by atoms with Crippen LogP contribution in [0.15, 0.2) is 24.3 Å². The van der Waals surface area contributed by atoms with Crippen LogP contribution in [0.2, 0.25) is 5.02 Å². The summed E-state index contributed by atoms with van der Waals surface area (Å²) in [5, 5.41) is 9.41. The number of halogens is 1. The molecule has 0 aromatic heterocycles. The van der Waals surface area contributed by atoms with Crippen molar-refractivity contribution in [2.75, 3.05) is 25.1 Å². The molecule has 0 amide bonds. The highest BCUT2D eigenvalue weighted by Crippen LogP contribution is 2.26. The molecule has 2 rings (SSSR count). The largest absolute Gasteiger partial charge is 0.478 e. The van der Waals surface area contributed by atoms with Gasteiger partial charge >= 0.3 is 5.97 Å². The molecule has 1 aliphatic heterocycles. The Kier molecular flexibility index (Phi) is 5.65. The monoisotopic (exact) mass is 309 g/mol. The van der Waals surface area contributed by atoms with Gasteiger partial charge in [0.05, 0.1) is 6.10 Å². The molecule has 1 saturated heterocycles. The molecule has 0 radical (unpaired) electrons. The fourth-order valence-corrected chi connectivity index (χ4v) is 2.67. The molecule has 1 N–H and O–H groups in total. The minimum Gasteiger partial charge on any atom is -0.478 e. The molecule has 4 nitrogen and oxygen atoms in total. The summed E-state index contributed by atoms with van der Waals surface area (Å²) in [5.74, 6) is -0.964. The summed E-state index contributed by atoms with van der Waals surface area (Å²) in [7, 11) is 1.97. The average Bonchev–Trinajstić information content (AvgIpc) is 2.46. The van der Waals surface area contributed by atoms with Crippen molar-refractivity contribution >= 4 is 29.3 Å². The smallest absolute Gasteiger partial charge is 0.328 e. The van der Waals surface area contributed by atoms with E-state index in [1.807, 2.05) is 19.2 Å². The van der Waals surface area contributed by atoms with Crippen LogP contribution in [0.25, 0.3) is 6.08 Å². The van der Waals surface area contributed by atoms with Gasteiger partial charge in [0.25, 0.3) is 0 Å². The van der Waals surface area contributed by atoms with Gasteiger partial charge in [-0.1, -0.05) is 17.7 Å². The first-order chi connectivity index (χ1) is 10.1. The van der Waals surface area contributed by atoms with Crippen LogP contribution < -0.4 is 4.90 Å². The molecule has 0 bridgehead atoms. The van der Waals surface area contributed by atoms with Crippen molar-refractivity contribution in [1.29, 1.82) is 0 Å². The molecule has 1 fully saturated rings. The van der Waals surface area contributed by atoms with Gasteiger partial charge < -0.3 is 14.7 Å². The molecule has 1 aromatic rings. The van der Waals surface area contributed by atoms with E-state index in [1.165, 1.54) is 6.42 Å². The van der Waals surface area contributed by atoms with Crippen LogP contribution in [0.4, 0.5) is 5.69 Å². The van der Waals surface area contributed by atoms with Crippen molar-refractivity contribution in [3.05, 3.63) is 34.9 Å². The second kappa shape index (κ2) is 7.48. The number of benzene rings is 1. The third kappa shape index (κ3) is 4.76. The molecule has 1 aliphatic rings. The Morgan fingerprint density at radius 2 is 2.33 bits per heavy atom. The fraction of sp³-hybridized carbons (Fsp3) is 0.438. The molecular weight excluding hydrogens is 290 g/mol. The highest BCUT2D eigenvalue weighted by atomic mass is 35.5. The maximum Gasteiger partial charge on any atom is 0.328 e. The molecule has 1 atom stereocenters. The van der Waals surface area contributed by atoms with Crippen LogP contribution in [0.3, 0.4) is 0 Å². The number of carbonyl (C=O) groups is 1. The van der Waals surface area contributed by atoms with E-state index < -0.39 is 5.97 Å². The average molecular weight is 310 g/mol. The van der Waals surface area contributed by atoms with Gasteiger partial charge in [-0.15, -0.1) is 0 Å². The molecular formula is C16H20ClNO3. The molecule has 0 saturated carbocycles. The molecule has 1 heterocycles. The molecule has 1 aromatic carbocycles. The van der Waals surface area contributed by atoms with E-state index in [0.29, 0.717) is 5.02 Å². The predicted octanol–water partition coefficient (Wildman–Crippen LogP) is 3.44. The standard InChI is InChI=1S/C16H20ClNO3/c1-18(11-14-4-2-3-9-21-14)15-10-13(17)7-5-12(15)6-8-16(19)20/h5-8,10,14H,2-4,9,11H2,1H3,(H,19,20)/b8-6+. The SMILES string of the molecule is CN(CC1CCCCO1)c1cc(Cl)ccc1/C=C/C(=O)O. The molecule has 1 unspecified atom stereocenters. The van der Waals surface area contributed by atoms with Gasteiger partial charge in [-0.3, -0.25) is 0 Å². The Morgan fingerprint density at radius 1 is 1.52 bits per heavy atom. The van der Waals surface area contributed by atoms with Crippen molar-refractivity contribution < 1.29 is 14.6 Å². The van der Waals surface area contributed by atoms with Crippen molar-refractivity contribution in [3.63, 3.8) is 0 Å². The van der Waals surface area contributed by atoms with E-state index in [9.17, 15) is 4.79 Å². The fourth-order valence-electron chi connectivity index (χ4n) is 2.50. The lowest BCUT2D eigenvalue weighted by Gasteiger charge is -2.29. The Labute approximate surface area is 130 Å². The van der Waals surface area contributed by atoms with Crippen LogP contribution in [0.1, 0.15) is 24.8 Å². The number of ether oxygens (including phenoxy) is 1. The minimum absolute atomic E-state index is 0.221. The van der Waals surface area contributed by atoms with E-state index >= 15 is 0 Å². The quantitative estimate of drug-likeness (QED) is 0.846. The van der Waals surface area contributed by atoms with Gasteiger partial charge in [0.15, 0.2) is 0 Å². The zero-order chi connectivity index (χ0) is 15.2. The number of nitrogens with zero attached hydrogens (tertiary/aromatic N) is 1. The van der Waals surface area contributed by atoms with Gasteiger partial charge in [-0.25, -0.2) is 4.79 Å². The topological polar surface area (TPSA) is 49.8 Å². The number of carboxylic acids is 1. The van der Waals surface area contributed by atoms with Crippen molar-refractivity contribution in [1.82, 2.24) is 0 Å². The summed E-state index contributed by atoms with van der Waals surface area (Å²) in [6.07, 6.45) is 6.33. The van der Waals surface area contributed by atoms with Crippen LogP contribution in [0, 0.1) is 0 Å². The first-order valence-corrected chi connectivity index (χ1v) is 7.47. The Hall–Kier alpha value is -1.52. The third-order valence-electron chi connectivity index (χ3n) is 3.56. The van der Waals surface area contributed by atoms with Crippen LogP contribution in [-0.2, 0) is 9.53 Å². The predicted molar refractivity (Wildman–Crippen MR) is 85.0 cm³/mol. The van der Waals surface area contributed by atoms with E-state index in [2.05, 4.69) is 4.90 Å². The maximum absolute atomic E-state index is 10.7. The van der Waals surface area contributed by atoms with E-state index in [-0.39, 0.29) is 6.10 Å². The zero-order valence-corrected chi connectivity index (χ0v) is 12.8. The minimum atomic E-state index is -0.964. The lowest BCUT2D eigenvalue weighted by Crippen LogP contribution is -2.33. The zero-order valence-electron chi connectivity index (χ0n) is 12.1. The number of aliphatic carboxylic acids is 1. The number of hydrogen-bond donors (Lipinski definition) is 1. The summed E-state index contributed by atoms with van der Waals surface area (Å²) in [5.41, 5.74) is 1.74. The molecule has 5 heteroatoms. The van der Waals surface area contributed by atoms with E-state index in [4.69, 9.17) is 21.4 Å². The first-order valence-electron chi connectivity index (χ1n) is 7.09. The van der Waals surface area contributed by atoms with Gasteiger partial charge in [-0.05, 0) is 43.0 Å². The van der Waals surface area contributed by atoms with Gasteiger partial charge in [0, 0.05) is 37.0 Å². The van der Waals surface area contributed by atoms with Crippen LogP contribution in [0.5, 0.6) is 0 Å². The molecule has 0 aliphatic carbocycles. The molecule has 114 valence electrons. The highest BCUT2D eigenvalue weighted by Gasteiger charge is 2.17. The van der Waals surface area contributed by atoms with E-state index in [0.717, 1.165) is 43.3 Å². The van der Waals surface area contributed by atoms with Gasteiger partial charge in [0.2, 0.25) is 0 Å². The first kappa shape index (κ1) is 15.9. The number of carboxylic acid groups (broad SMARTS) is 1.